The van der Waals surface area contributed by atoms with Gasteiger partial charge in [0.15, 0.2) is 0 Å². The van der Waals surface area contributed by atoms with Crippen molar-refractivity contribution in [2.45, 2.75) is 0 Å². The van der Waals surface area contributed by atoms with Crippen molar-refractivity contribution < 1.29 is 4.79 Å². The highest BCUT2D eigenvalue weighted by molar-refractivity contribution is 5.85. The minimum Gasteiger partial charge on any atom is -0.341 e. The molecule has 2 amide bonds. The SMILES string of the molecule is C#CCN=CN(C)C(=O)NC. The van der Waals surface area contributed by atoms with Crippen LogP contribution in [-0.2, 0) is 0 Å². The van der Waals surface area contributed by atoms with Crippen molar-refractivity contribution >= 4 is 12.4 Å². The molecular formula is C7H11N3O. The van der Waals surface area contributed by atoms with Crippen molar-refractivity contribution in [3.63, 3.8) is 0 Å². The van der Waals surface area contributed by atoms with Gasteiger partial charge in [0, 0.05) is 14.1 Å². The van der Waals surface area contributed by atoms with Crippen LogP contribution in [0.1, 0.15) is 0 Å². The zero-order valence-electron chi connectivity index (χ0n) is 6.66. The van der Waals surface area contributed by atoms with E-state index in [4.69, 9.17) is 6.42 Å². The molecule has 4 heteroatoms. The van der Waals surface area contributed by atoms with E-state index in [1.165, 1.54) is 11.2 Å². The highest BCUT2D eigenvalue weighted by Gasteiger charge is 1.99. The third-order valence-corrected chi connectivity index (χ3v) is 0.972. The molecule has 0 aromatic rings. The van der Waals surface area contributed by atoms with E-state index in [-0.39, 0.29) is 6.03 Å². The molecule has 0 heterocycles. The Morgan fingerprint density at radius 2 is 2.55 bits per heavy atom. The molecule has 0 aliphatic rings. The van der Waals surface area contributed by atoms with Crippen LogP contribution in [0.2, 0.25) is 0 Å². The number of carbonyl (C=O) groups excluding carboxylic acids is 1. The van der Waals surface area contributed by atoms with Crippen LogP contribution in [-0.4, -0.2) is 37.9 Å². The third-order valence-electron chi connectivity index (χ3n) is 0.972. The predicted octanol–water partition coefficient (Wildman–Crippen LogP) is -0.0809. The maximum Gasteiger partial charge on any atom is 0.322 e. The Bertz CT molecular complexity index is 192. The van der Waals surface area contributed by atoms with E-state index in [0.717, 1.165) is 0 Å². The van der Waals surface area contributed by atoms with Gasteiger partial charge >= 0.3 is 6.03 Å². The van der Waals surface area contributed by atoms with Crippen molar-refractivity contribution in [1.82, 2.24) is 10.2 Å². The molecule has 0 saturated carbocycles. The van der Waals surface area contributed by atoms with Crippen LogP contribution >= 0.6 is 0 Å². The molecule has 4 nitrogen and oxygen atoms in total. The van der Waals surface area contributed by atoms with Gasteiger partial charge in [0.25, 0.3) is 0 Å². The largest absolute Gasteiger partial charge is 0.341 e. The average Bonchev–Trinajstić information content (AvgIpc) is 2.03. The standard InChI is InChI=1S/C7H11N3O/c1-4-5-9-6-10(3)7(11)8-2/h1,6H,5H2,2-3H3,(H,8,11). The summed E-state index contributed by atoms with van der Waals surface area (Å²) in [5.74, 6) is 2.32. The van der Waals surface area contributed by atoms with Crippen LogP contribution < -0.4 is 5.32 Å². The van der Waals surface area contributed by atoms with Gasteiger partial charge in [0.2, 0.25) is 0 Å². The first kappa shape index (κ1) is 9.50. The number of nitrogens with one attached hydrogen (secondary N) is 1. The number of nitrogens with zero attached hydrogens (tertiary/aromatic N) is 2. The smallest absolute Gasteiger partial charge is 0.322 e. The minimum absolute atomic E-state index is 0.217. The molecule has 0 unspecified atom stereocenters. The van der Waals surface area contributed by atoms with E-state index >= 15 is 0 Å². The molecule has 0 radical (unpaired) electrons. The zero-order chi connectivity index (χ0) is 8.69. The maximum absolute atomic E-state index is 10.8. The lowest BCUT2D eigenvalue weighted by atomic mass is 10.7. The number of carbonyl (C=O) groups is 1. The normalized spacial score (nSPS) is 9.18. The fourth-order valence-corrected chi connectivity index (χ4v) is 0.445. The number of urea groups is 1. The van der Waals surface area contributed by atoms with Crippen molar-refractivity contribution in [2.75, 3.05) is 20.6 Å². The first-order chi connectivity index (χ1) is 5.22. The maximum atomic E-state index is 10.8. The van der Waals surface area contributed by atoms with Gasteiger partial charge in [-0.05, 0) is 0 Å². The van der Waals surface area contributed by atoms with Gasteiger partial charge in [0.05, 0.1) is 6.34 Å². The second-order valence-corrected chi connectivity index (χ2v) is 1.83. The van der Waals surface area contributed by atoms with Crippen molar-refractivity contribution in [3.8, 4) is 12.3 Å². The van der Waals surface area contributed by atoms with Gasteiger partial charge in [-0.3, -0.25) is 9.89 Å². The molecule has 0 bridgehead atoms. The summed E-state index contributed by atoms with van der Waals surface area (Å²) in [5, 5.41) is 2.44. The Labute approximate surface area is 66.3 Å². The number of hydrogen-bond acceptors (Lipinski definition) is 2. The van der Waals surface area contributed by atoms with E-state index in [2.05, 4.69) is 16.2 Å². The molecule has 0 fully saturated rings. The quantitative estimate of drug-likeness (QED) is 0.336. The van der Waals surface area contributed by atoms with Crippen LogP contribution in [0, 0.1) is 12.3 Å². The van der Waals surface area contributed by atoms with Crippen molar-refractivity contribution in [1.29, 1.82) is 0 Å². The molecule has 0 rings (SSSR count). The Morgan fingerprint density at radius 1 is 1.91 bits per heavy atom. The molecular weight excluding hydrogens is 142 g/mol. The summed E-state index contributed by atoms with van der Waals surface area (Å²) in [7, 11) is 3.15. The Kier molecular flexibility index (Phi) is 4.58. The fourth-order valence-electron chi connectivity index (χ4n) is 0.445. The van der Waals surface area contributed by atoms with Crippen LogP contribution in [0.25, 0.3) is 0 Å². The number of amides is 2. The number of hydrogen-bond donors (Lipinski definition) is 1. The van der Waals surface area contributed by atoms with Crippen molar-refractivity contribution in [3.05, 3.63) is 0 Å². The average molecular weight is 153 g/mol. The summed E-state index contributed by atoms with van der Waals surface area (Å²) < 4.78 is 0. The first-order valence-corrected chi connectivity index (χ1v) is 3.10. The van der Waals surface area contributed by atoms with Gasteiger partial charge in [-0.15, -0.1) is 6.42 Å². The van der Waals surface area contributed by atoms with E-state index in [9.17, 15) is 4.79 Å². The second kappa shape index (κ2) is 5.30. The first-order valence-electron chi connectivity index (χ1n) is 3.10. The lowest BCUT2D eigenvalue weighted by Crippen LogP contribution is -2.33. The zero-order valence-corrected chi connectivity index (χ0v) is 6.66. The van der Waals surface area contributed by atoms with Crippen LogP contribution in [0.15, 0.2) is 4.99 Å². The molecule has 0 aliphatic carbocycles. The van der Waals surface area contributed by atoms with E-state index < -0.39 is 0 Å². The van der Waals surface area contributed by atoms with E-state index in [1.54, 1.807) is 14.1 Å². The van der Waals surface area contributed by atoms with Crippen molar-refractivity contribution in [2.24, 2.45) is 4.99 Å². The number of terminal acetylenes is 1. The predicted molar refractivity (Wildman–Crippen MR) is 44.4 cm³/mol. The van der Waals surface area contributed by atoms with Crippen LogP contribution in [0.3, 0.4) is 0 Å². The molecule has 1 N–H and O–H groups in total. The summed E-state index contributed by atoms with van der Waals surface area (Å²) in [6.07, 6.45) is 6.33. The molecule has 0 aliphatic heterocycles. The monoisotopic (exact) mass is 153 g/mol. The molecule has 11 heavy (non-hydrogen) atoms. The molecule has 0 saturated heterocycles. The van der Waals surface area contributed by atoms with E-state index in [0.29, 0.717) is 6.54 Å². The Morgan fingerprint density at radius 3 is 3.00 bits per heavy atom. The summed E-state index contributed by atoms with van der Waals surface area (Å²) in [5.41, 5.74) is 0. The highest BCUT2D eigenvalue weighted by Crippen LogP contribution is 1.77. The molecule has 0 atom stereocenters. The van der Waals surface area contributed by atoms with Gasteiger partial charge in [-0.1, -0.05) is 5.92 Å². The number of aliphatic imine (C=N–C) groups is 1. The topological polar surface area (TPSA) is 44.7 Å². The third kappa shape index (κ3) is 3.98. The van der Waals surface area contributed by atoms with Crippen LogP contribution in [0.4, 0.5) is 4.79 Å². The van der Waals surface area contributed by atoms with Gasteiger partial charge < -0.3 is 5.32 Å². The number of rotatable bonds is 2. The highest BCUT2D eigenvalue weighted by atomic mass is 16.2. The van der Waals surface area contributed by atoms with Gasteiger partial charge in [0.1, 0.15) is 6.54 Å². The summed E-state index contributed by atoms with van der Waals surface area (Å²) in [6.45, 7) is 0.293. The molecule has 0 aromatic heterocycles. The van der Waals surface area contributed by atoms with Gasteiger partial charge in [-0.25, -0.2) is 4.79 Å². The Hall–Kier alpha value is -1.50. The fraction of sp³-hybridized carbons (Fsp3) is 0.429. The molecule has 0 aromatic carbocycles. The lowest BCUT2D eigenvalue weighted by Gasteiger charge is -2.08. The Balaban J connectivity index is 3.78. The second-order valence-electron chi connectivity index (χ2n) is 1.83. The summed E-state index contributed by atoms with van der Waals surface area (Å²) in [4.78, 5) is 15.9. The summed E-state index contributed by atoms with van der Waals surface area (Å²) >= 11 is 0. The summed E-state index contributed by atoms with van der Waals surface area (Å²) in [6, 6.07) is -0.217. The van der Waals surface area contributed by atoms with E-state index in [1.807, 2.05) is 0 Å². The lowest BCUT2D eigenvalue weighted by molar-refractivity contribution is 0.229. The van der Waals surface area contributed by atoms with Crippen LogP contribution in [0.5, 0.6) is 0 Å². The molecule has 0 spiro atoms. The van der Waals surface area contributed by atoms with Gasteiger partial charge in [-0.2, -0.15) is 0 Å². The molecule has 60 valence electrons. The minimum atomic E-state index is -0.217.